The van der Waals surface area contributed by atoms with Crippen molar-refractivity contribution in [3.05, 3.63) is 17.7 Å². The molecule has 3 nitrogen and oxygen atoms in total. The smallest absolute Gasteiger partial charge is 0.378 e. The summed E-state index contributed by atoms with van der Waals surface area (Å²) in [5.74, 6) is 0.341. The van der Waals surface area contributed by atoms with Crippen LogP contribution >= 0.6 is 0 Å². The van der Waals surface area contributed by atoms with Crippen LogP contribution in [0, 0.1) is 6.92 Å². The number of nitrogens with one attached hydrogen (secondary N) is 1. The normalized spacial score (nSPS) is 14.8. The van der Waals surface area contributed by atoms with Gasteiger partial charge in [-0.15, -0.1) is 0 Å². The highest BCUT2D eigenvalue weighted by atomic mass is 19.4. The number of alkyl halides is 3. The Morgan fingerprint density at radius 1 is 1.58 bits per heavy atom. The Bertz CT molecular complexity index is 268. The molecule has 0 aromatic carbocycles. The number of hydrogen-bond acceptors (Lipinski definition) is 2. The maximum absolute atomic E-state index is 11.8. The minimum absolute atomic E-state index is 0.333. The summed E-state index contributed by atoms with van der Waals surface area (Å²) in [4.78, 5) is 5.84. The number of H-pyrrole nitrogens is 1. The summed E-state index contributed by atoms with van der Waals surface area (Å²) < 4.78 is 35.5. The molecule has 0 aliphatic heterocycles. The van der Waals surface area contributed by atoms with Crippen LogP contribution in [-0.2, 0) is 0 Å². The van der Waals surface area contributed by atoms with Gasteiger partial charge >= 0.3 is 6.18 Å². The summed E-state index contributed by atoms with van der Waals surface area (Å²) in [7, 11) is 0. The lowest BCUT2D eigenvalue weighted by molar-refractivity contribution is -0.207. The van der Waals surface area contributed by atoms with Crippen LogP contribution in [0.15, 0.2) is 6.20 Å². The van der Waals surface area contributed by atoms with Crippen LogP contribution in [0.5, 0.6) is 0 Å². The first-order valence-corrected chi connectivity index (χ1v) is 3.17. The van der Waals surface area contributed by atoms with E-state index in [2.05, 4.69) is 9.97 Å². The van der Waals surface area contributed by atoms with Crippen molar-refractivity contribution < 1.29 is 18.3 Å². The number of hydrogen-bond donors (Lipinski definition) is 2. The molecule has 0 spiro atoms. The second kappa shape index (κ2) is 2.78. The Kier molecular flexibility index (Phi) is 2.10. The summed E-state index contributed by atoms with van der Waals surface area (Å²) in [5, 5.41) is 8.67. The summed E-state index contributed by atoms with van der Waals surface area (Å²) >= 11 is 0. The van der Waals surface area contributed by atoms with Crippen molar-refractivity contribution in [3.63, 3.8) is 0 Å². The highest BCUT2D eigenvalue weighted by molar-refractivity contribution is 5.05. The zero-order valence-corrected chi connectivity index (χ0v) is 6.18. The standard InChI is InChI=1S/C6H7F3N2O/c1-3-10-2-4(11-3)5(12)6(7,8)9/h2,5,12H,1H3,(H,10,11)/t5-/m1/s1. The Hall–Kier alpha value is -1.04. The predicted molar refractivity (Wildman–Crippen MR) is 34.3 cm³/mol. The average molecular weight is 180 g/mol. The molecule has 0 radical (unpaired) electrons. The minimum atomic E-state index is -4.64. The molecule has 1 rings (SSSR count). The Balaban J connectivity index is 2.85. The molecule has 12 heavy (non-hydrogen) atoms. The zero-order chi connectivity index (χ0) is 9.35. The van der Waals surface area contributed by atoms with E-state index >= 15 is 0 Å². The van der Waals surface area contributed by atoms with Gasteiger partial charge in [0.2, 0.25) is 0 Å². The molecule has 0 fully saturated rings. The highest BCUT2D eigenvalue weighted by Gasteiger charge is 2.40. The zero-order valence-electron chi connectivity index (χ0n) is 6.18. The fourth-order valence-corrected chi connectivity index (χ4v) is 0.755. The molecule has 1 aromatic heterocycles. The van der Waals surface area contributed by atoms with Crippen molar-refractivity contribution in [2.75, 3.05) is 0 Å². The van der Waals surface area contributed by atoms with Gasteiger partial charge < -0.3 is 10.1 Å². The second-order valence-corrected chi connectivity index (χ2v) is 2.37. The third kappa shape index (κ3) is 1.76. The molecule has 0 amide bonds. The van der Waals surface area contributed by atoms with Crippen molar-refractivity contribution >= 4 is 0 Å². The quantitative estimate of drug-likeness (QED) is 0.684. The lowest BCUT2D eigenvalue weighted by atomic mass is 10.3. The van der Waals surface area contributed by atoms with Gasteiger partial charge in [-0.1, -0.05) is 0 Å². The van der Waals surface area contributed by atoms with Crippen LogP contribution in [0.3, 0.4) is 0 Å². The minimum Gasteiger partial charge on any atom is -0.378 e. The van der Waals surface area contributed by atoms with Crippen molar-refractivity contribution in [3.8, 4) is 0 Å². The van der Waals surface area contributed by atoms with Crippen LogP contribution in [-0.4, -0.2) is 21.3 Å². The van der Waals surface area contributed by atoms with Crippen LogP contribution in [0.25, 0.3) is 0 Å². The van der Waals surface area contributed by atoms with Crippen LogP contribution in [0.2, 0.25) is 0 Å². The third-order valence-corrected chi connectivity index (χ3v) is 1.33. The van der Waals surface area contributed by atoms with E-state index in [-0.39, 0.29) is 5.69 Å². The molecule has 0 aliphatic rings. The number of aliphatic hydroxyl groups excluding tert-OH is 1. The van der Waals surface area contributed by atoms with E-state index in [0.29, 0.717) is 5.82 Å². The molecule has 0 saturated carbocycles. The van der Waals surface area contributed by atoms with Crippen molar-refractivity contribution in [2.24, 2.45) is 0 Å². The highest BCUT2D eigenvalue weighted by Crippen LogP contribution is 2.31. The van der Waals surface area contributed by atoms with Gasteiger partial charge in [0.1, 0.15) is 5.82 Å². The van der Waals surface area contributed by atoms with Crippen LogP contribution < -0.4 is 0 Å². The van der Waals surface area contributed by atoms with E-state index in [1.807, 2.05) is 0 Å². The molecule has 2 N–H and O–H groups in total. The molecular weight excluding hydrogens is 173 g/mol. The molecule has 0 unspecified atom stereocenters. The first kappa shape index (κ1) is 9.05. The molecule has 0 saturated heterocycles. The fraction of sp³-hybridized carbons (Fsp3) is 0.500. The maximum Gasteiger partial charge on any atom is 0.420 e. The first-order valence-electron chi connectivity index (χ1n) is 3.17. The van der Waals surface area contributed by atoms with Gasteiger partial charge in [-0.25, -0.2) is 4.98 Å². The van der Waals surface area contributed by atoms with Crippen LogP contribution in [0.4, 0.5) is 13.2 Å². The fourth-order valence-electron chi connectivity index (χ4n) is 0.755. The first-order chi connectivity index (χ1) is 5.41. The van der Waals surface area contributed by atoms with E-state index < -0.39 is 12.3 Å². The van der Waals surface area contributed by atoms with Crippen molar-refractivity contribution in [1.82, 2.24) is 9.97 Å². The number of halogens is 3. The molecule has 6 heteroatoms. The SMILES string of the molecule is Cc1ncc([C@@H](O)C(F)(F)F)[nH]1. The van der Waals surface area contributed by atoms with E-state index in [4.69, 9.17) is 5.11 Å². The van der Waals surface area contributed by atoms with Crippen molar-refractivity contribution in [1.29, 1.82) is 0 Å². The number of aryl methyl sites for hydroxylation is 1. The summed E-state index contributed by atoms with van der Waals surface area (Å²) in [6.45, 7) is 1.51. The average Bonchev–Trinajstić information content (AvgIpc) is 2.32. The van der Waals surface area contributed by atoms with E-state index in [1.54, 1.807) is 0 Å². The van der Waals surface area contributed by atoms with Crippen LogP contribution in [0.1, 0.15) is 17.6 Å². The molecule has 1 aromatic rings. The topological polar surface area (TPSA) is 48.9 Å². The number of rotatable bonds is 1. The van der Waals surface area contributed by atoms with Gasteiger partial charge in [0.15, 0.2) is 6.10 Å². The molecule has 1 heterocycles. The van der Waals surface area contributed by atoms with E-state index in [9.17, 15) is 13.2 Å². The monoisotopic (exact) mass is 180 g/mol. The summed E-state index contributed by atoms with van der Waals surface area (Å²) in [6, 6.07) is 0. The van der Waals surface area contributed by atoms with Gasteiger partial charge in [0.05, 0.1) is 11.9 Å². The number of imidazole rings is 1. The number of aromatic nitrogens is 2. The number of aromatic amines is 1. The lowest BCUT2D eigenvalue weighted by Gasteiger charge is -2.11. The predicted octanol–water partition coefficient (Wildman–Crippen LogP) is 1.31. The number of nitrogens with zero attached hydrogens (tertiary/aromatic N) is 1. The number of aliphatic hydroxyl groups is 1. The van der Waals surface area contributed by atoms with E-state index in [0.717, 1.165) is 6.20 Å². The van der Waals surface area contributed by atoms with E-state index in [1.165, 1.54) is 6.92 Å². The largest absolute Gasteiger partial charge is 0.420 e. The summed E-state index contributed by atoms with van der Waals surface area (Å²) in [6.07, 6.45) is -6.15. The maximum atomic E-state index is 11.8. The third-order valence-electron chi connectivity index (χ3n) is 1.33. The Morgan fingerprint density at radius 2 is 2.17 bits per heavy atom. The van der Waals surface area contributed by atoms with Gasteiger partial charge in [0, 0.05) is 0 Å². The van der Waals surface area contributed by atoms with Crippen molar-refractivity contribution in [2.45, 2.75) is 19.2 Å². The van der Waals surface area contributed by atoms with Gasteiger partial charge in [-0.2, -0.15) is 13.2 Å². The molecule has 68 valence electrons. The Morgan fingerprint density at radius 3 is 2.50 bits per heavy atom. The summed E-state index contributed by atoms with van der Waals surface area (Å²) in [5.41, 5.74) is -0.333. The van der Waals surface area contributed by atoms with Gasteiger partial charge in [-0.3, -0.25) is 0 Å². The van der Waals surface area contributed by atoms with Gasteiger partial charge in [-0.05, 0) is 6.92 Å². The second-order valence-electron chi connectivity index (χ2n) is 2.37. The Labute approximate surface area is 66.2 Å². The molecular formula is C6H7F3N2O. The molecule has 0 aliphatic carbocycles. The van der Waals surface area contributed by atoms with Gasteiger partial charge in [0.25, 0.3) is 0 Å². The lowest BCUT2D eigenvalue weighted by Crippen LogP contribution is -2.20. The molecule has 0 bridgehead atoms. The molecule has 1 atom stereocenters.